The summed E-state index contributed by atoms with van der Waals surface area (Å²) in [6, 6.07) is 3.64. The van der Waals surface area contributed by atoms with Crippen LogP contribution in [-0.4, -0.2) is 18.0 Å². The molecule has 0 amide bonds. The summed E-state index contributed by atoms with van der Waals surface area (Å²) in [5.41, 5.74) is 1.50. The van der Waals surface area contributed by atoms with Gasteiger partial charge in [0.25, 0.3) is 0 Å². The molecule has 0 aliphatic rings. The fourth-order valence-electron chi connectivity index (χ4n) is 0.884. The van der Waals surface area contributed by atoms with Crippen LogP contribution in [0.4, 0.5) is 0 Å². The second kappa shape index (κ2) is 4.12. The lowest BCUT2D eigenvalue weighted by Crippen LogP contribution is -1.94. The summed E-state index contributed by atoms with van der Waals surface area (Å²) in [5, 5.41) is 0. The first-order chi connectivity index (χ1) is 5.79. The molecule has 3 heteroatoms. The average Bonchev–Trinajstić information content (AvgIpc) is 2.16. The van der Waals surface area contributed by atoms with Crippen molar-refractivity contribution in [2.75, 3.05) is 13.0 Å². The van der Waals surface area contributed by atoms with E-state index in [4.69, 9.17) is 16.3 Å². The van der Waals surface area contributed by atoms with E-state index in [1.54, 1.807) is 13.3 Å². The van der Waals surface area contributed by atoms with E-state index in [1.165, 1.54) is 0 Å². The number of alkyl halides is 1. The summed E-state index contributed by atoms with van der Waals surface area (Å²) in [4.78, 5) is 4.11. The Kier molecular flexibility index (Phi) is 3.11. The molecule has 0 aromatic carbocycles. The summed E-state index contributed by atoms with van der Waals surface area (Å²) in [6.07, 6.45) is 1.69. The van der Waals surface area contributed by atoms with E-state index in [2.05, 4.69) is 11.6 Å². The summed E-state index contributed by atoms with van der Waals surface area (Å²) >= 11 is 5.62. The molecule has 64 valence electrons. The van der Waals surface area contributed by atoms with Crippen LogP contribution in [-0.2, 0) is 0 Å². The van der Waals surface area contributed by atoms with Crippen LogP contribution in [0, 0.1) is 0 Å². The highest BCUT2D eigenvalue weighted by Gasteiger charge is 2.05. The largest absolute Gasteiger partial charge is 0.494 e. The van der Waals surface area contributed by atoms with E-state index < -0.39 is 0 Å². The summed E-state index contributed by atoms with van der Waals surface area (Å²) in [5.74, 6) is 1.08. The SMILES string of the molecule is C=C(CCl)c1ncccc1OC. The summed E-state index contributed by atoms with van der Waals surface area (Å²) in [7, 11) is 1.60. The van der Waals surface area contributed by atoms with Crippen molar-refractivity contribution in [3.63, 3.8) is 0 Å². The Morgan fingerprint density at radius 1 is 1.75 bits per heavy atom. The Bertz CT molecular complexity index is 286. The number of allylic oxidation sites excluding steroid dienone is 1. The van der Waals surface area contributed by atoms with E-state index in [0.717, 1.165) is 11.3 Å². The molecule has 1 aromatic rings. The van der Waals surface area contributed by atoms with Gasteiger partial charge in [0, 0.05) is 12.1 Å². The Hall–Kier alpha value is -1.02. The predicted molar refractivity (Wildman–Crippen MR) is 50.5 cm³/mol. The van der Waals surface area contributed by atoms with Crippen molar-refractivity contribution in [1.29, 1.82) is 0 Å². The van der Waals surface area contributed by atoms with Crippen molar-refractivity contribution >= 4 is 17.2 Å². The van der Waals surface area contributed by atoms with Crippen molar-refractivity contribution < 1.29 is 4.74 Å². The Balaban J connectivity index is 3.04. The molecule has 0 saturated heterocycles. The Labute approximate surface area is 76.8 Å². The van der Waals surface area contributed by atoms with Crippen molar-refractivity contribution in [2.45, 2.75) is 0 Å². The maximum atomic E-state index is 5.62. The van der Waals surface area contributed by atoms with E-state index in [-0.39, 0.29) is 0 Å². The van der Waals surface area contributed by atoms with Crippen molar-refractivity contribution in [2.24, 2.45) is 0 Å². The quantitative estimate of drug-likeness (QED) is 0.672. The van der Waals surface area contributed by atoms with E-state index in [1.807, 2.05) is 12.1 Å². The molecule has 1 heterocycles. The molecule has 0 atom stereocenters. The lowest BCUT2D eigenvalue weighted by molar-refractivity contribution is 0.411. The first-order valence-corrected chi connectivity index (χ1v) is 4.06. The van der Waals surface area contributed by atoms with Gasteiger partial charge in [-0.25, -0.2) is 0 Å². The minimum absolute atomic E-state index is 0.368. The standard InChI is InChI=1S/C9H10ClNO/c1-7(6-10)9-8(12-2)4-3-5-11-9/h3-5H,1,6H2,2H3. The molecule has 1 rings (SSSR count). The van der Waals surface area contributed by atoms with Crippen LogP contribution in [0.5, 0.6) is 5.75 Å². The fraction of sp³-hybridized carbons (Fsp3) is 0.222. The molecule has 0 saturated carbocycles. The van der Waals surface area contributed by atoms with Gasteiger partial charge in [-0.05, 0) is 17.7 Å². The average molecular weight is 184 g/mol. The van der Waals surface area contributed by atoms with Crippen LogP contribution in [0.1, 0.15) is 5.69 Å². The van der Waals surface area contributed by atoms with Gasteiger partial charge in [-0.15, -0.1) is 11.6 Å². The van der Waals surface area contributed by atoms with Gasteiger partial charge in [-0.1, -0.05) is 6.58 Å². The third kappa shape index (κ3) is 1.77. The molecule has 0 N–H and O–H groups in total. The summed E-state index contributed by atoms with van der Waals surface area (Å²) < 4.78 is 5.09. The van der Waals surface area contributed by atoms with Gasteiger partial charge < -0.3 is 4.74 Å². The molecule has 2 nitrogen and oxygen atoms in total. The maximum absolute atomic E-state index is 5.62. The van der Waals surface area contributed by atoms with Crippen LogP contribution < -0.4 is 4.74 Å². The lowest BCUT2D eigenvalue weighted by Gasteiger charge is -2.06. The third-order valence-electron chi connectivity index (χ3n) is 1.49. The lowest BCUT2D eigenvalue weighted by atomic mass is 10.2. The molecule has 1 aromatic heterocycles. The first kappa shape index (κ1) is 9.07. The van der Waals surface area contributed by atoms with Gasteiger partial charge in [0.05, 0.1) is 7.11 Å². The van der Waals surface area contributed by atoms with Crippen molar-refractivity contribution in [3.8, 4) is 5.75 Å². The van der Waals surface area contributed by atoms with Gasteiger partial charge in [-0.2, -0.15) is 0 Å². The van der Waals surface area contributed by atoms with E-state index in [0.29, 0.717) is 11.6 Å². The number of hydrogen-bond acceptors (Lipinski definition) is 2. The topological polar surface area (TPSA) is 22.1 Å². The zero-order valence-corrected chi connectivity index (χ0v) is 7.64. The highest BCUT2D eigenvalue weighted by molar-refractivity contribution is 6.23. The van der Waals surface area contributed by atoms with Gasteiger partial charge in [0.2, 0.25) is 0 Å². The second-order valence-corrected chi connectivity index (χ2v) is 2.56. The fourth-order valence-corrected chi connectivity index (χ4v) is 1.01. The van der Waals surface area contributed by atoms with Gasteiger partial charge in [-0.3, -0.25) is 4.98 Å². The third-order valence-corrected chi connectivity index (χ3v) is 1.81. The van der Waals surface area contributed by atoms with Crippen LogP contribution >= 0.6 is 11.6 Å². The molecule has 0 radical (unpaired) electrons. The van der Waals surface area contributed by atoms with Crippen molar-refractivity contribution in [3.05, 3.63) is 30.6 Å². The van der Waals surface area contributed by atoms with Crippen LogP contribution in [0.3, 0.4) is 0 Å². The number of rotatable bonds is 3. The van der Waals surface area contributed by atoms with Crippen LogP contribution in [0.25, 0.3) is 5.57 Å². The number of ether oxygens (including phenoxy) is 1. The number of pyridine rings is 1. The molecule has 0 bridgehead atoms. The zero-order valence-electron chi connectivity index (χ0n) is 6.88. The van der Waals surface area contributed by atoms with E-state index in [9.17, 15) is 0 Å². The molecular weight excluding hydrogens is 174 g/mol. The Morgan fingerprint density at radius 3 is 3.08 bits per heavy atom. The molecule has 0 fully saturated rings. The molecule has 12 heavy (non-hydrogen) atoms. The number of halogens is 1. The molecule has 0 spiro atoms. The van der Waals surface area contributed by atoms with Crippen molar-refractivity contribution in [1.82, 2.24) is 4.98 Å². The van der Waals surface area contributed by atoms with Crippen LogP contribution in [0.15, 0.2) is 24.9 Å². The number of hydrogen-bond donors (Lipinski definition) is 0. The highest BCUT2D eigenvalue weighted by Crippen LogP contribution is 2.22. The smallest absolute Gasteiger partial charge is 0.144 e. The van der Waals surface area contributed by atoms with Gasteiger partial charge >= 0.3 is 0 Å². The van der Waals surface area contributed by atoms with Crippen LogP contribution in [0.2, 0.25) is 0 Å². The Morgan fingerprint density at radius 2 is 2.50 bits per heavy atom. The minimum atomic E-state index is 0.368. The number of aromatic nitrogens is 1. The zero-order chi connectivity index (χ0) is 8.97. The molecule has 0 unspecified atom stereocenters. The summed E-state index contributed by atoms with van der Waals surface area (Å²) in [6.45, 7) is 3.78. The van der Waals surface area contributed by atoms with E-state index >= 15 is 0 Å². The normalized spacial score (nSPS) is 9.50. The number of nitrogens with zero attached hydrogens (tertiary/aromatic N) is 1. The molecular formula is C9H10ClNO. The molecule has 0 aliphatic carbocycles. The minimum Gasteiger partial charge on any atom is -0.494 e. The van der Waals surface area contributed by atoms with Gasteiger partial charge in [0.15, 0.2) is 0 Å². The first-order valence-electron chi connectivity index (χ1n) is 3.52. The predicted octanol–water partition coefficient (Wildman–Crippen LogP) is 2.34. The molecule has 0 aliphatic heterocycles. The monoisotopic (exact) mass is 183 g/mol. The second-order valence-electron chi connectivity index (χ2n) is 2.29. The van der Waals surface area contributed by atoms with Gasteiger partial charge in [0.1, 0.15) is 11.4 Å². The highest BCUT2D eigenvalue weighted by atomic mass is 35.5. The maximum Gasteiger partial charge on any atom is 0.144 e. The number of methoxy groups -OCH3 is 1.